The van der Waals surface area contributed by atoms with Gasteiger partial charge in [0.05, 0.1) is 0 Å². The van der Waals surface area contributed by atoms with E-state index in [9.17, 15) is 10.1 Å². The van der Waals surface area contributed by atoms with Crippen molar-refractivity contribution in [2.75, 3.05) is 11.9 Å². The highest BCUT2D eigenvalue weighted by Crippen LogP contribution is 2.29. The van der Waals surface area contributed by atoms with Crippen LogP contribution in [0.4, 0.5) is 0 Å². The third-order valence-electron chi connectivity index (χ3n) is 3.39. The van der Waals surface area contributed by atoms with Crippen LogP contribution < -0.4 is 0 Å². The number of nitriles is 1. The van der Waals surface area contributed by atoms with Crippen molar-refractivity contribution in [2.24, 2.45) is 0 Å². The molecule has 1 unspecified atom stereocenters. The number of unbranched alkanes of at least 4 members (excludes halogenated alkanes) is 1. The van der Waals surface area contributed by atoms with Gasteiger partial charge in [0.1, 0.15) is 5.60 Å². The Morgan fingerprint density at radius 3 is 2.62 bits per heavy atom. The lowest BCUT2D eigenvalue weighted by molar-refractivity contribution is -0.160. The molecule has 4 nitrogen and oxygen atoms in total. The van der Waals surface area contributed by atoms with Crippen molar-refractivity contribution in [3.05, 3.63) is 34.3 Å². The van der Waals surface area contributed by atoms with E-state index in [1.807, 2.05) is 33.8 Å². The van der Waals surface area contributed by atoms with Crippen LogP contribution in [0.3, 0.4) is 0 Å². The van der Waals surface area contributed by atoms with E-state index in [-0.39, 0.29) is 0 Å². The van der Waals surface area contributed by atoms with Crippen LogP contribution in [0, 0.1) is 18.4 Å². The van der Waals surface area contributed by atoms with E-state index < -0.39 is 17.6 Å². The fourth-order valence-electron chi connectivity index (χ4n) is 2.30. The van der Waals surface area contributed by atoms with E-state index >= 15 is 0 Å². The maximum atomic E-state index is 12.8. The predicted molar refractivity (Wildman–Crippen MR) is 100 cm³/mol. The molecule has 24 heavy (non-hydrogen) atoms. The van der Waals surface area contributed by atoms with E-state index in [0.717, 1.165) is 23.7 Å². The quantitative estimate of drug-likeness (QED) is 0.207. The van der Waals surface area contributed by atoms with Gasteiger partial charge in [-0.15, -0.1) is 0 Å². The third kappa shape index (κ3) is 6.33. The summed E-state index contributed by atoms with van der Waals surface area (Å²) in [6.45, 7) is 7.83. The Hall–Kier alpha value is -1.25. The Morgan fingerprint density at radius 2 is 2.08 bits per heavy atom. The second-order valence-corrected chi connectivity index (χ2v) is 7.86. The van der Waals surface area contributed by atoms with Crippen LogP contribution in [0.5, 0.6) is 0 Å². The number of ether oxygens (including phenoxy) is 1. The molecule has 1 atom stereocenters. The third-order valence-corrected chi connectivity index (χ3v) is 4.18. The van der Waals surface area contributed by atoms with Crippen molar-refractivity contribution >= 4 is 33.5 Å². The summed E-state index contributed by atoms with van der Waals surface area (Å²) >= 11 is 9.50. The highest BCUT2D eigenvalue weighted by molar-refractivity contribution is 9.09. The van der Waals surface area contributed by atoms with Crippen molar-refractivity contribution in [3.8, 4) is 6.19 Å². The summed E-state index contributed by atoms with van der Waals surface area (Å²) in [5.74, 6) is -0.437. The van der Waals surface area contributed by atoms with Gasteiger partial charge in [-0.3, -0.25) is 4.90 Å². The Morgan fingerprint density at radius 1 is 1.42 bits per heavy atom. The second kappa shape index (κ2) is 9.29. The SMILES string of the molecule is Cc1ccc(Cl)cc1C(C(=O)OC(C)(C)C)N(C#N)CCCCBr. The van der Waals surface area contributed by atoms with E-state index in [2.05, 4.69) is 22.1 Å². The minimum absolute atomic E-state index is 0.437. The smallest absolute Gasteiger partial charge is 0.334 e. The molecular weight excluding hydrogens is 392 g/mol. The Labute approximate surface area is 157 Å². The molecular formula is C18H24BrClN2O2. The van der Waals surface area contributed by atoms with E-state index in [1.54, 1.807) is 12.1 Å². The molecule has 0 aliphatic rings. The molecule has 6 heteroatoms. The number of alkyl halides is 1. The molecule has 0 spiro atoms. The van der Waals surface area contributed by atoms with Gasteiger partial charge in [0, 0.05) is 16.9 Å². The molecule has 1 rings (SSSR count). The zero-order chi connectivity index (χ0) is 18.3. The lowest BCUT2D eigenvalue weighted by Gasteiger charge is -2.30. The van der Waals surface area contributed by atoms with Gasteiger partial charge in [-0.05, 0) is 63.8 Å². The van der Waals surface area contributed by atoms with Gasteiger partial charge in [0.2, 0.25) is 0 Å². The Kier molecular flexibility index (Phi) is 8.05. The molecule has 1 aromatic rings. The van der Waals surface area contributed by atoms with Crippen molar-refractivity contribution in [1.29, 1.82) is 5.26 Å². The average molecular weight is 416 g/mol. The number of hydrogen-bond acceptors (Lipinski definition) is 4. The number of carbonyl (C=O) groups excluding carboxylic acids is 1. The van der Waals surface area contributed by atoms with Crippen molar-refractivity contribution in [1.82, 2.24) is 4.90 Å². The number of carbonyl (C=O) groups is 1. The van der Waals surface area contributed by atoms with E-state index in [4.69, 9.17) is 16.3 Å². The maximum absolute atomic E-state index is 12.8. The lowest BCUT2D eigenvalue weighted by atomic mass is 9.99. The van der Waals surface area contributed by atoms with Crippen molar-refractivity contribution < 1.29 is 9.53 Å². The Bertz CT molecular complexity index is 608. The van der Waals surface area contributed by atoms with Crippen LogP contribution in [0.1, 0.15) is 50.8 Å². The molecule has 0 aliphatic carbocycles. The van der Waals surface area contributed by atoms with Crippen LogP contribution in [0.25, 0.3) is 0 Å². The average Bonchev–Trinajstić information content (AvgIpc) is 2.47. The van der Waals surface area contributed by atoms with E-state index in [1.165, 1.54) is 4.90 Å². The molecule has 1 aromatic carbocycles. The first kappa shape index (κ1) is 20.8. The molecule has 0 N–H and O–H groups in total. The van der Waals surface area contributed by atoms with Crippen molar-refractivity contribution in [3.63, 3.8) is 0 Å². The number of hydrogen-bond donors (Lipinski definition) is 0. The number of nitrogens with zero attached hydrogens (tertiary/aromatic N) is 2. The summed E-state index contributed by atoms with van der Waals surface area (Å²) in [5, 5.41) is 11.0. The largest absolute Gasteiger partial charge is 0.458 e. The second-order valence-electron chi connectivity index (χ2n) is 6.63. The highest BCUT2D eigenvalue weighted by atomic mass is 79.9. The molecule has 0 radical (unpaired) electrons. The molecule has 0 aliphatic heterocycles. The molecule has 132 valence electrons. The molecule has 0 bridgehead atoms. The fourth-order valence-corrected chi connectivity index (χ4v) is 2.88. The van der Waals surface area contributed by atoms with Gasteiger partial charge in [-0.1, -0.05) is 33.6 Å². The summed E-state index contributed by atoms with van der Waals surface area (Å²) in [7, 11) is 0. The van der Waals surface area contributed by atoms with Crippen LogP contribution >= 0.6 is 27.5 Å². The zero-order valence-corrected chi connectivity index (χ0v) is 16.9. The number of aryl methyl sites for hydroxylation is 1. The number of rotatable bonds is 7. The summed E-state index contributed by atoms with van der Waals surface area (Å²) in [4.78, 5) is 14.3. The van der Waals surface area contributed by atoms with Crippen LogP contribution in [-0.4, -0.2) is 28.3 Å². The number of halogens is 2. The monoisotopic (exact) mass is 414 g/mol. The maximum Gasteiger partial charge on any atom is 0.334 e. The van der Waals surface area contributed by atoms with Crippen molar-refractivity contribution in [2.45, 2.75) is 52.2 Å². The summed E-state index contributed by atoms with van der Waals surface area (Å²) < 4.78 is 5.55. The van der Waals surface area contributed by atoms with Gasteiger partial charge < -0.3 is 4.74 Å². The minimum Gasteiger partial charge on any atom is -0.458 e. The lowest BCUT2D eigenvalue weighted by Crippen LogP contribution is -2.37. The van der Waals surface area contributed by atoms with Gasteiger partial charge >= 0.3 is 5.97 Å². The molecule has 0 amide bonds. The van der Waals surface area contributed by atoms with Gasteiger partial charge in [0.15, 0.2) is 12.2 Å². The topological polar surface area (TPSA) is 53.3 Å². The first-order chi connectivity index (χ1) is 11.2. The fraction of sp³-hybridized carbons (Fsp3) is 0.556. The van der Waals surface area contributed by atoms with Gasteiger partial charge in [-0.25, -0.2) is 4.79 Å². The van der Waals surface area contributed by atoms with Crippen LogP contribution in [0.15, 0.2) is 18.2 Å². The first-order valence-corrected chi connectivity index (χ1v) is 9.41. The predicted octanol–water partition coefficient (Wildman–Crippen LogP) is 4.99. The van der Waals surface area contributed by atoms with E-state index in [0.29, 0.717) is 17.1 Å². The molecule has 0 aromatic heterocycles. The highest BCUT2D eigenvalue weighted by Gasteiger charge is 2.32. The van der Waals surface area contributed by atoms with Crippen LogP contribution in [0.2, 0.25) is 5.02 Å². The molecule has 0 heterocycles. The molecule has 0 saturated carbocycles. The number of benzene rings is 1. The Balaban J connectivity index is 3.22. The first-order valence-electron chi connectivity index (χ1n) is 7.91. The molecule has 0 fully saturated rings. The van der Waals surface area contributed by atoms with Crippen LogP contribution in [-0.2, 0) is 9.53 Å². The minimum atomic E-state index is -0.789. The summed E-state index contributed by atoms with van der Waals surface area (Å²) in [5.41, 5.74) is 0.979. The number of esters is 1. The van der Waals surface area contributed by atoms with Gasteiger partial charge in [0.25, 0.3) is 0 Å². The standard InChI is InChI=1S/C18H24BrClN2O2/c1-13-7-8-14(20)11-15(13)16(17(23)24-18(2,3)4)22(12-21)10-6-5-9-19/h7-8,11,16H,5-6,9-10H2,1-4H3. The summed E-state index contributed by atoms with van der Waals surface area (Å²) in [6, 6.07) is 4.57. The summed E-state index contributed by atoms with van der Waals surface area (Å²) in [6.07, 6.45) is 3.87. The normalized spacial score (nSPS) is 12.4. The zero-order valence-electron chi connectivity index (χ0n) is 14.6. The molecule has 0 saturated heterocycles. The van der Waals surface area contributed by atoms with Gasteiger partial charge in [-0.2, -0.15) is 5.26 Å².